The zero-order valence-electron chi connectivity index (χ0n) is 21.9. The van der Waals surface area contributed by atoms with Crippen LogP contribution in [0, 0.1) is 6.92 Å². The Morgan fingerprint density at radius 1 is 1.03 bits per heavy atom. The predicted molar refractivity (Wildman–Crippen MR) is 144 cm³/mol. The number of anilines is 1. The predicted octanol–water partition coefficient (Wildman–Crippen LogP) is 4.83. The Morgan fingerprint density at radius 3 is 2.43 bits per heavy atom. The van der Waals surface area contributed by atoms with Crippen molar-refractivity contribution >= 4 is 28.5 Å². The molecule has 4 aromatic rings. The number of para-hydroxylation sites is 3. The van der Waals surface area contributed by atoms with E-state index in [1.165, 1.54) is 4.90 Å². The molecule has 0 saturated carbocycles. The molecular formula is C29H33N5O3. The molecule has 1 atom stereocenters. The van der Waals surface area contributed by atoms with E-state index >= 15 is 0 Å². The van der Waals surface area contributed by atoms with Crippen molar-refractivity contribution in [3.63, 3.8) is 0 Å². The first-order valence-electron chi connectivity index (χ1n) is 12.4. The first-order chi connectivity index (χ1) is 17.8. The van der Waals surface area contributed by atoms with Crippen LogP contribution in [0.1, 0.15) is 44.4 Å². The maximum atomic E-state index is 14.2. The van der Waals surface area contributed by atoms with E-state index in [1.807, 2.05) is 88.4 Å². The summed E-state index contributed by atoms with van der Waals surface area (Å²) in [5.41, 5.74) is 3.09. The van der Waals surface area contributed by atoms with Crippen LogP contribution in [0.2, 0.25) is 0 Å². The van der Waals surface area contributed by atoms with Gasteiger partial charge in [-0.2, -0.15) is 0 Å². The third kappa shape index (κ3) is 5.48. The van der Waals surface area contributed by atoms with Gasteiger partial charge in [0, 0.05) is 5.54 Å². The zero-order chi connectivity index (χ0) is 26.6. The van der Waals surface area contributed by atoms with Crippen LogP contribution >= 0.6 is 0 Å². The van der Waals surface area contributed by atoms with Crippen LogP contribution in [-0.4, -0.2) is 39.5 Å². The molecule has 192 valence electrons. The van der Waals surface area contributed by atoms with Gasteiger partial charge in [-0.1, -0.05) is 60.7 Å². The van der Waals surface area contributed by atoms with Gasteiger partial charge in [0.25, 0.3) is 0 Å². The second-order valence-corrected chi connectivity index (χ2v) is 9.66. The van der Waals surface area contributed by atoms with Gasteiger partial charge in [0.2, 0.25) is 11.8 Å². The van der Waals surface area contributed by atoms with Gasteiger partial charge in [-0.15, -0.1) is 5.10 Å². The Kier molecular flexibility index (Phi) is 7.57. The van der Waals surface area contributed by atoms with Crippen LogP contribution < -0.4 is 15.0 Å². The van der Waals surface area contributed by atoms with Crippen LogP contribution in [0.4, 0.5) is 5.69 Å². The highest BCUT2D eigenvalue weighted by atomic mass is 16.5. The fourth-order valence-corrected chi connectivity index (χ4v) is 4.27. The lowest BCUT2D eigenvalue weighted by Gasteiger charge is -2.35. The molecule has 0 aliphatic rings. The van der Waals surface area contributed by atoms with E-state index in [2.05, 4.69) is 15.6 Å². The second-order valence-electron chi connectivity index (χ2n) is 9.66. The average molecular weight is 500 g/mol. The number of carbonyl (C=O) groups is 2. The molecule has 1 unspecified atom stereocenters. The molecule has 0 spiro atoms. The van der Waals surface area contributed by atoms with Gasteiger partial charge in [0.05, 0.1) is 18.3 Å². The van der Waals surface area contributed by atoms with Crippen molar-refractivity contribution in [2.75, 3.05) is 12.0 Å². The molecule has 1 N–H and O–H groups in total. The summed E-state index contributed by atoms with van der Waals surface area (Å²) in [6.07, 6.45) is 0.729. The van der Waals surface area contributed by atoms with Crippen LogP contribution in [-0.2, 0) is 16.1 Å². The van der Waals surface area contributed by atoms with E-state index in [0.717, 1.165) is 23.1 Å². The number of fused-ring (bicyclic) bond motifs is 1. The van der Waals surface area contributed by atoms with Gasteiger partial charge >= 0.3 is 0 Å². The molecule has 1 aromatic heterocycles. The van der Waals surface area contributed by atoms with E-state index in [9.17, 15) is 9.59 Å². The van der Waals surface area contributed by atoms with Crippen molar-refractivity contribution in [1.82, 2.24) is 20.3 Å². The largest absolute Gasteiger partial charge is 0.495 e. The van der Waals surface area contributed by atoms with Crippen LogP contribution in [0.3, 0.4) is 0 Å². The van der Waals surface area contributed by atoms with Gasteiger partial charge in [-0.3, -0.25) is 14.5 Å². The van der Waals surface area contributed by atoms with Crippen LogP contribution in [0.15, 0.2) is 72.8 Å². The summed E-state index contributed by atoms with van der Waals surface area (Å²) < 4.78 is 7.20. The summed E-state index contributed by atoms with van der Waals surface area (Å²) in [5.74, 6) is -0.109. The average Bonchev–Trinajstić information content (AvgIpc) is 3.30. The summed E-state index contributed by atoms with van der Waals surface area (Å²) in [6.45, 7) is 7.79. The first-order valence-corrected chi connectivity index (χ1v) is 12.4. The summed E-state index contributed by atoms with van der Waals surface area (Å²) in [4.78, 5) is 29.7. The number of ether oxygens (including phenoxy) is 1. The molecule has 0 aliphatic carbocycles. The van der Waals surface area contributed by atoms with Crippen LogP contribution in [0.5, 0.6) is 5.75 Å². The maximum absolute atomic E-state index is 14.2. The standard InChI is InChI=1S/C29H33N5O3/c1-6-29(3,4)30-28(36)27(21-14-8-7-13-20(21)2)34(24-17-11-12-18-25(24)37-5)26(35)19-33-23-16-10-9-15-22(23)31-32-33/h7-18,27H,6,19H2,1-5H3,(H,30,36). The molecule has 0 fully saturated rings. The number of aryl methyl sites for hydroxylation is 1. The van der Waals surface area contributed by atoms with Crippen molar-refractivity contribution in [3.05, 3.63) is 83.9 Å². The SMILES string of the molecule is CCC(C)(C)NC(=O)C(c1ccccc1C)N(C(=O)Cn1nnc2ccccc21)c1ccccc1OC. The molecule has 4 rings (SSSR count). The summed E-state index contributed by atoms with van der Waals surface area (Å²) in [5, 5.41) is 11.6. The van der Waals surface area contributed by atoms with Gasteiger partial charge in [-0.05, 0) is 62.6 Å². The summed E-state index contributed by atoms with van der Waals surface area (Å²) >= 11 is 0. The van der Waals surface area contributed by atoms with E-state index < -0.39 is 11.6 Å². The van der Waals surface area contributed by atoms with Crippen LogP contribution in [0.25, 0.3) is 11.0 Å². The minimum Gasteiger partial charge on any atom is -0.495 e. The Balaban J connectivity index is 1.87. The number of rotatable bonds is 9. The molecular weight excluding hydrogens is 466 g/mol. The molecule has 1 heterocycles. The van der Waals surface area contributed by atoms with Crippen molar-refractivity contribution in [2.45, 2.75) is 52.2 Å². The lowest BCUT2D eigenvalue weighted by atomic mass is 9.95. The number of hydrogen-bond acceptors (Lipinski definition) is 5. The Labute approximate surface area is 217 Å². The minimum atomic E-state index is -0.939. The molecule has 37 heavy (non-hydrogen) atoms. The highest BCUT2D eigenvalue weighted by Gasteiger charge is 2.37. The van der Waals surface area contributed by atoms with Gasteiger partial charge in [0.15, 0.2) is 0 Å². The normalized spacial score (nSPS) is 12.2. The monoisotopic (exact) mass is 499 g/mol. The number of aromatic nitrogens is 3. The highest BCUT2D eigenvalue weighted by molar-refractivity contribution is 6.02. The zero-order valence-corrected chi connectivity index (χ0v) is 21.9. The van der Waals surface area contributed by atoms with Gasteiger partial charge in [-0.25, -0.2) is 4.68 Å². The minimum absolute atomic E-state index is 0.106. The van der Waals surface area contributed by atoms with E-state index in [1.54, 1.807) is 23.9 Å². The maximum Gasteiger partial charge on any atom is 0.249 e. The quantitative estimate of drug-likeness (QED) is 0.356. The van der Waals surface area contributed by atoms with Crippen molar-refractivity contribution in [1.29, 1.82) is 0 Å². The lowest BCUT2D eigenvalue weighted by molar-refractivity contribution is -0.128. The number of carbonyl (C=O) groups excluding carboxylic acids is 2. The number of benzene rings is 3. The smallest absolute Gasteiger partial charge is 0.249 e. The summed E-state index contributed by atoms with van der Waals surface area (Å²) in [7, 11) is 1.55. The molecule has 0 radical (unpaired) electrons. The number of nitrogens with zero attached hydrogens (tertiary/aromatic N) is 4. The highest BCUT2D eigenvalue weighted by Crippen LogP contribution is 2.36. The number of amides is 2. The molecule has 0 aliphatic heterocycles. The van der Waals surface area contributed by atoms with Gasteiger partial charge < -0.3 is 10.1 Å². The fourth-order valence-electron chi connectivity index (χ4n) is 4.27. The second kappa shape index (κ2) is 10.8. The number of nitrogens with one attached hydrogen (secondary N) is 1. The fraction of sp³-hybridized carbons (Fsp3) is 0.310. The van der Waals surface area contributed by atoms with Crippen molar-refractivity contribution in [2.24, 2.45) is 0 Å². The Bertz CT molecular complexity index is 1410. The molecule has 3 aromatic carbocycles. The third-order valence-corrected chi connectivity index (χ3v) is 6.65. The van der Waals surface area contributed by atoms with E-state index in [-0.39, 0.29) is 18.4 Å². The summed E-state index contributed by atoms with van der Waals surface area (Å²) in [6, 6.07) is 21.4. The van der Waals surface area contributed by atoms with Crippen molar-refractivity contribution in [3.8, 4) is 5.75 Å². The number of methoxy groups -OCH3 is 1. The molecule has 8 nitrogen and oxygen atoms in total. The lowest BCUT2D eigenvalue weighted by Crippen LogP contribution is -2.51. The molecule has 0 saturated heterocycles. The third-order valence-electron chi connectivity index (χ3n) is 6.65. The van der Waals surface area contributed by atoms with Gasteiger partial charge in [0.1, 0.15) is 23.9 Å². The van der Waals surface area contributed by atoms with E-state index in [0.29, 0.717) is 17.0 Å². The molecule has 8 heteroatoms. The topological polar surface area (TPSA) is 89.4 Å². The Hall–Kier alpha value is -4.20. The number of hydrogen-bond donors (Lipinski definition) is 1. The van der Waals surface area contributed by atoms with Crippen molar-refractivity contribution < 1.29 is 14.3 Å². The van der Waals surface area contributed by atoms with E-state index in [4.69, 9.17) is 4.74 Å². The first kappa shape index (κ1) is 25.9. The molecule has 0 bridgehead atoms. The molecule has 2 amide bonds. The Morgan fingerprint density at radius 2 is 1.70 bits per heavy atom.